The molecule has 0 heterocycles. The number of carbonyl (C=O) groups excluding carboxylic acids is 1. The fourth-order valence-corrected chi connectivity index (χ4v) is 2.30. The molecule has 1 amide bonds. The van der Waals surface area contributed by atoms with Crippen LogP contribution in [0.5, 0.6) is 0 Å². The Balaban J connectivity index is 1.98. The summed E-state index contributed by atoms with van der Waals surface area (Å²) in [6.07, 6.45) is 0.976. The number of benzene rings is 2. The molecule has 0 atom stereocenters. The van der Waals surface area contributed by atoms with Crippen LogP contribution in [0.3, 0.4) is 0 Å². The minimum Gasteiger partial charge on any atom is -0.385 e. The number of rotatable bonds is 6. The quantitative estimate of drug-likeness (QED) is 0.849. The van der Waals surface area contributed by atoms with E-state index < -0.39 is 0 Å². The summed E-state index contributed by atoms with van der Waals surface area (Å²) >= 11 is 0. The molecule has 0 aliphatic heterocycles. The van der Waals surface area contributed by atoms with E-state index in [0.717, 1.165) is 18.7 Å². The summed E-state index contributed by atoms with van der Waals surface area (Å²) < 4.78 is 0. The second-order valence-electron chi connectivity index (χ2n) is 4.91. The van der Waals surface area contributed by atoms with Crippen LogP contribution in [0.1, 0.15) is 35.3 Å². The van der Waals surface area contributed by atoms with Crippen molar-refractivity contribution < 1.29 is 4.79 Å². The molecular formula is C18H22N2O. The van der Waals surface area contributed by atoms with E-state index in [-0.39, 0.29) is 5.91 Å². The van der Waals surface area contributed by atoms with Gasteiger partial charge in [-0.25, -0.2) is 0 Å². The highest BCUT2D eigenvalue weighted by Gasteiger charge is 2.06. The number of aryl methyl sites for hydroxylation is 1. The molecule has 0 bridgehead atoms. The van der Waals surface area contributed by atoms with E-state index >= 15 is 0 Å². The molecule has 2 rings (SSSR count). The first-order valence-corrected chi connectivity index (χ1v) is 7.43. The van der Waals surface area contributed by atoms with Gasteiger partial charge in [-0.3, -0.25) is 4.79 Å². The molecule has 0 radical (unpaired) electrons. The van der Waals surface area contributed by atoms with Gasteiger partial charge in [-0.2, -0.15) is 0 Å². The van der Waals surface area contributed by atoms with Crippen LogP contribution >= 0.6 is 0 Å². The lowest BCUT2D eigenvalue weighted by molar-refractivity contribution is 0.0951. The maximum atomic E-state index is 12.2. The second-order valence-corrected chi connectivity index (χ2v) is 4.91. The number of amides is 1. The number of hydrogen-bond acceptors (Lipinski definition) is 2. The molecule has 3 heteroatoms. The zero-order valence-corrected chi connectivity index (χ0v) is 12.6. The van der Waals surface area contributed by atoms with Crippen molar-refractivity contribution in [1.82, 2.24) is 5.32 Å². The van der Waals surface area contributed by atoms with E-state index in [1.54, 1.807) is 0 Å². The Labute approximate surface area is 126 Å². The predicted molar refractivity (Wildman–Crippen MR) is 87.6 cm³/mol. The zero-order valence-electron chi connectivity index (χ0n) is 12.6. The summed E-state index contributed by atoms with van der Waals surface area (Å²) in [5.41, 5.74) is 4.17. The van der Waals surface area contributed by atoms with Gasteiger partial charge in [0.05, 0.1) is 0 Å². The minimum atomic E-state index is -0.0380. The Hall–Kier alpha value is -2.29. The highest BCUT2D eigenvalue weighted by Crippen LogP contribution is 2.11. The average Bonchev–Trinajstić information content (AvgIpc) is 2.54. The van der Waals surface area contributed by atoms with Crippen LogP contribution in [0.25, 0.3) is 0 Å². The largest absolute Gasteiger partial charge is 0.385 e. The van der Waals surface area contributed by atoms with Crippen LogP contribution in [0.2, 0.25) is 0 Å². The molecule has 0 aliphatic carbocycles. The van der Waals surface area contributed by atoms with E-state index in [2.05, 4.69) is 29.7 Å². The first kappa shape index (κ1) is 15.1. The molecule has 2 aromatic carbocycles. The van der Waals surface area contributed by atoms with E-state index in [1.165, 1.54) is 11.1 Å². The molecule has 0 unspecified atom stereocenters. The maximum Gasteiger partial charge on any atom is 0.251 e. The van der Waals surface area contributed by atoms with Gasteiger partial charge in [0.1, 0.15) is 0 Å². The Kier molecular flexibility index (Phi) is 5.38. The van der Waals surface area contributed by atoms with Crippen molar-refractivity contribution in [2.75, 3.05) is 11.9 Å². The summed E-state index contributed by atoms with van der Waals surface area (Å²) in [7, 11) is 0. The summed E-state index contributed by atoms with van der Waals surface area (Å²) in [5, 5.41) is 6.20. The number of hydrogen-bond donors (Lipinski definition) is 2. The van der Waals surface area contributed by atoms with Gasteiger partial charge < -0.3 is 10.6 Å². The molecule has 2 N–H and O–H groups in total. The zero-order chi connectivity index (χ0) is 15.1. The molecule has 2 aromatic rings. The van der Waals surface area contributed by atoms with Crippen LogP contribution < -0.4 is 10.6 Å². The van der Waals surface area contributed by atoms with Crippen molar-refractivity contribution in [3.05, 3.63) is 65.2 Å². The predicted octanol–water partition coefficient (Wildman–Crippen LogP) is 3.61. The molecule has 0 aliphatic rings. The van der Waals surface area contributed by atoms with Crippen LogP contribution in [0, 0.1) is 0 Å². The monoisotopic (exact) mass is 282 g/mol. The number of anilines is 1. The van der Waals surface area contributed by atoms with E-state index in [4.69, 9.17) is 0 Å². The second kappa shape index (κ2) is 7.48. The standard InChI is InChI=1S/C18H22N2O/c1-3-14-7-5-6-8-16(14)13-20-18(21)15-9-11-17(12-10-15)19-4-2/h5-12,19H,3-4,13H2,1-2H3,(H,20,21). The van der Waals surface area contributed by atoms with Crippen molar-refractivity contribution >= 4 is 11.6 Å². The van der Waals surface area contributed by atoms with Gasteiger partial charge >= 0.3 is 0 Å². The molecule has 0 spiro atoms. The molecule has 21 heavy (non-hydrogen) atoms. The normalized spacial score (nSPS) is 10.2. The fraction of sp³-hybridized carbons (Fsp3) is 0.278. The van der Waals surface area contributed by atoms with Gasteiger partial charge in [-0.05, 0) is 48.7 Å². The highest BCUT2D eigenvalue weighted by atomic mass is 16.1. The number of carbonyl (C=O) groups is 1. The molecule has 0 saturated heterocycles. The lowest BCUT2D eigenvalue weighted by Gasteiger charge is -2.10. The van der Waals surface area contributed by atoms with Gasteiger partial charge in [0.15, 0.2) is 0 Å². The number of nitrogens with one attached hydrogen (secondary N) is 2. The molecule has 0 fully saturated rings. The third-order valence-electron chi connectivity index (χ3n) is 3.47. The third-order valence-corrected chi connectivity index (χ3v) is 3.47. The maximum absolute atomic E-state index is 12.2. The lowest BCUT2D eigenvalue weighted by Crippen LogP contribution is -2.23. The Morgan fingerprint density at radius 2 is 1.62 bits per heavy atom. The Morgan fingerprint density at radius 1 is 0.952 bits per heavy atom. The fourth-order valence-electron chi connectivity index (χ4n) is 2.30. The first-order valence-electron chi connectivity index (χ1n) is 7.43. The van der Waals surface area contributed by atoms with Gasteiger partial charge in [-0.15, -0.1) is 0 Å². The smallest absolute Gasteiger partial charge is 0.251 e. The van der Waals surface area contributed by atoms with Gasteiger partial charge in [0.2, 0.25) is 0 Å². The molecular weight excluding hydrogens is 260 g/mol. The molecule has 0 aromatic heterocycles. The lowest BCUT2D eigenvalue weighted by atomic mass is 10.1. The van der Waals surface area contributed by atoms with Crippen molar-refractivity contribution in [3.63, 3.8) is 0 Å². The van der Waals surface area contributed by atoms with Crippen molar-refractivity contribution in [2.45, 2.75) is 26.8 Å². The van der Waals surface area contributed by atoms with Gasteiger partial charge in [-0.1, -0.05) is 31.2 Å². The Morgan fingerprint density at radius 3 is 2.24 bits per heavy atom. The molecule has 0 saturated carbocycles. The van der Waals surface area contributed by atoms with Crippen LogP contribution in [-0.2, 0) is 13.0 Å². The van der Waals surface area contributed by atoms with Crippen molar-refractivity contribution in [2.24, 2.45) is 0 Å². The Bertz CT molecular complexity index is 590. The summed E-state index contributed by atoms with van der Waals surface area (Å²) in [5.74, 6) is -0.0380. The summed E-state index contributed by atoms with van der Waals surface area (Å²) in [6, 6.07) is 15.8. The molecule has 3 nitrogen and oxygen atoms in total. The topological polar surface area (TPSA) is 41.1 Å². The van der Waals surface area contributed by atoms with E-state index in [1.807, 2.05) is 43.3 Å². The summed E-state index contributed by atoms with van der Waals surface area (Å²) in [4.78, 5) is 12.2. The van der Waals surface area contributed by atoms with E-state index in [9.17, 15) is 4.79 Å². The van der Waals surface area contributed by atoms with Crippen molar-refractivity contribution in [3.8, 4) is 0 Å². The van der Waals surface area contributed by atoms with Gasteiger partial charge in [0, 0.05) is 24.3 Å². The highest BCUT2D eigenvalue weighted by molar-refractivity contribution is 5.94. The SMILES string of the molecule is CCNc1ccc(C(=O)NCc2ccccc2CC)cc1. The minimum absolute atomic E-state index is 0.0380. The van der Waals surface area contributed by atoms with Crippen molar-refractivity contribution in [1.29, 1.82) is 0 Å². The third kappa shape index (κ3) is 4.09. The average molecular weight is 282 g/mol. The first-order chi connectivity index (χ1) is 10.2. The van der Waals surface area contributed by atoms with Crippen LogP contribution in [0.4, 0.5) is 5.69 Å². The van der Waals surface area contributed by atoms with E-state index in [0.29, 0.717) is 12.1 Å². The van der Waals surface area contributed by atoms with Crippen LogP contribution in [0.15, 0.2) is 48.5 Å². The van der Waals surface area contributed by atoms with Gasteiger partial charge in [0.25, 0.3) is 5.91 Å². The van der Waals surface area contributed by atoms with Crippen LogP contribution in [-0.4, -0.2) is 12.5 Å². The molecule has 110 valence electrons. The summed E-state index contributed by atoms with van der Waals surface area (Å²) in [6.45, 7) is 5.61.